The molecule has 33 heavy (non-hydrogen) atoms. The Kier molecular flexibility index (Phi) is 7.97. The van der Waals surface area contributed by atoms with Gasteiger partial charge >= 0.3 is 0 Å². The Bertz CT molecular complexity index is 1230. The highest BCUT2D eigenvalue weighted by atomic mass is 35.5. The van der Waals surface area contributed by atoms with Crippen LogP contribution in [0.25, 0.3) is 0 Å². The summed E-state index contributed by atoms with van der Waals surface area (Å²) < 4.78 is 33.5. The van der Waals surface area contributed by atoms with E-state index < -0.39 is 15.9 Å². The smallest absolute Gasteiger partial charge is 0.262 e. The summed E-state index contributed by atoms with van der Waals surface area (Å²) in [6.07, 6.45) is 0.908. The number of amides is 1. The fraction of sp³-hybridized carbons (Fsp3) is 0.208. The van der Waals surface area contributed by atoms with Gasteiger partial charge in [-0.1, -0.05) is 29.8 Å². The first-order chi connectivity index (χ1) is 15.7. The first-order valence-corrected chi connectivity index (χ1v) is 12.1. The fourth-order valence-electron chi connectivity index (χ4n) is 3.08. The number of benzene rings is 3. The number of nitrogens with one attached hydrogen (secondary N) is 2. The monoisotopic (exact) mass is 487 g/mol. The maximum atomic E-state index is 12.9. The molecule has 0 saturated carbocycles. The molecule has 1 amide bonds. The summed E-state index contributed by atoms with van der Waals surface area (Å²) in [6, 6.07) is 18.0. The zero-order valence-corrected chi connectivity index (χ0v) is 20.2. The molecule has 0 aliphatic heterocycles. The van der Waals surface area contributed by atoms with Crippen LogP contribution in [-0.2, 0) is 16.4 Å². The van der Waals surface area contributed by atoms with Crippen molar-refractivity contribution >= 4 is 38.9 Å². The van der Waals surface area contributed by atoms with Gasteiger partial charge in [0.2, 0.25) is 0 Å². The lowest BCUT2D eigenvalue weighted by Gasteiger charge is -2.13. The van der Waals surface area contributed by atoms with Crippen molar-refractivity contribution in [3.8, 4) is 5.75 Å². The van der Waals surface area contributed by atoms with Gasteiger partial charge in [0.15, 0.2) is 0 Å². The summed E-state index contributed by atoms with van der Waals surface area (Å²) in [5, 5.41) is 3.16. The quantitative estimate of drug-likeness (QED) is 0.464. The van der Waals surface area contributed by atoms with Crippen molar-refractivity contribution in [1.82, 2.24) is 4.90 Å². The van der Waals surface area contributed by atoms with Crippen molar-refractivity contribution in [3.63, 3.8) is 0 Å². The highest BCUT2D eigenvalue weighted by Gasteiger charge is 2.19. The van der Waals surface area contributed by atoms with E-state index in [0.717, 1.165) is 18.5 Å². The van der Waals surface area contributed by atoms with E-state index in [1.165, 1.54) is 31.4 Å². The molecule has 9 heteroatoms. The van der Waals surface area contributed by atoms with E-state index in [4.69, 9.17) is 16.3 Å². The fourth-order valence-corrected chi connectivity index (χ4v) is 4.36. The van der Waals surface area contributed by atoms with Crippen molar-refractivity contribution in [1.29, 1.82) is 0 Å². The number of methoxy groups -OCH3 is 1. The zero-order valence-electron chi connectivity index (χ0n) is 18.6. The third kappa shape index (κ3) is 6.71. The van der Waals surface area contributed by atoms with Crippen LogP contribution < -0.4 is 14.8 Å². The Hall–Kier alpha value is -3.07. The van der Waals surface area contributed by atoms with Crippen LogP contribution in [0.1, 0.15) is 15.9 Å². The van der Waals surface area contributed by atoms with Crippen LogP contribution in [0.3, 0.4) is 0 Å². The topological polar surface area (TPSA) is 87.7 Å². The summed E-state index contributed by atoms with van der Waals surface area (Å²) in [7, 11) is 1.48. The molecule has 0 fully saturated rings. The Labute approximate surface area is 199 Å². The van der Waals surface area contributed by atoms with Crippen molar-refractivity contribution in [2.24, 2.45) is 0 Å². The number of anilines is 2. The number of hydrogen-bond acceptors (Lipinski definition) is 5. The third-order valence-corrected chi connectivity index (χ3v) is 6.47. The summed E-state index contributed by atoms with van der Waals surface area (Å²) in [4.78, 5) is 14.8. The number of carbonyl (C=O) groups excluding carboxylic acids is 1. The van der Waals surface area contributed by atoms with Gasteiger partial charge in [-0.2, -0.15) is 0 Å². The number of likely N-dealkylation sites (N-methyl/N-ethyl adjacent to an activating group) is 1. The lowest BCUT2D eigenvalue weighted by molar-refractivity contribution is 0.102. The number of hydrogen-bond donors (Lipinski definition) is 2. The molecule has 0 aromatic heterocycles. The van der Waals surface area contributed by atoms with Crippen LogP contribution in [0.15, 0.2) is 71.6 Å². The molecule has 3 aromatic rings. The molecule has 7 nitrogen and oxygen atoms in total. The van der Waals surface area contributed by atoms with Crippen molar-refractivity contribution < 1.29 is 17.9 Å². The maximum Gasteiger partial charge on any atom is 0.262 e. The van der Waals surface area contributed by atoms with Gasteiger partial charge in [0.05, 0.1) is 17.7 Å². The molecule has 0 bridgehead atoms. The third-order valence-electron chi connectivity index (χ3n) is 4.87. The van der Waals surface area contributed by atoms with Gasteiger partial charge in [-0.05, 0) is 74.6 Å². The van der Waals surface area contributed by atoms with E-state index in [2.05, 4.69) is 14.9 Å². The van der Waals surface area contributed by atoms with Gasteiger partial charge in [-0.15, -0.1) is 0 Å². The molecule has 0 atom stereocenters. The van der Waals surface area contributed by atoms with Crippen LogP contribution in [0.2, 0.25) is 5.02 Å². The number of nitrogens with zero attached hydrogens (tertiary/aromatic N) is 1. The number of carbonyl (C=O) groups is 1. The van der Waals surface area contributed by atoms with Crippen LogP contribution in [-0.4, -0.2) is 47.0 Å². The molecule has 0 spiro atoms. The normalized spacial score (nSPS) is 11.3. The van der Waals surface area contributed by atoms with Gasteiger partial charge in [-0.25, -0.2) is 8.42 Å². The van der Waals surface area contributed by atoms with Crippen LogP contribution >= 0.6 is 11.6 Å². The molecular formula is C24H26ClN3O4S. The number of rotatable bonds is 9. The molecule has 174 valence electrons. The lowest BCUT2D eigenvalue weighted by atomic mass is 10.1. The standard InChI is InChI=1S/C24H26ClN3O4S/c1-28(2)14-13-17-7-10-20(11-8-17)26-24(29)18-5-4-6-21(15-18)33(30,31)27-22-16-19(25)9-12-23(22)32-3/h4-12,15-16,27H,13-14H2,1-3H3,(H,26,29). The van der Waals surface area contributed by atoms with Gasteiger partial charge in [-0.3, -0.25) is 9.52 Å². The first-order valence-electron chi connectivity index (χ1n) is 10.2. The van der Waals surface area contributed by atoms with E-state index in [0.29, 0.717) is 16.5 Å². The number of ether oxygens (including phenoxy) is 1. The highest BCUT2D eigenvalue weighted by molar-refractivity contribution is 7.92. The average molecular weight is 488 g/mol. The Morgan fingerprint density at radius 1 is 1.03 bits per heavy atom. The summed E-state index contributed by atoms with van der Waals surface area (Å²) in [5.74, 6) is -0.0840. The maximum absolute atomic E-state index is 12.9. The van der Waals surface area contributed by atoms with Crippen molar-refractivity contribution in [2.45, 2.75) is 11.3 Å². The zero-order chi connectivity index (χ0) is 24.0. The molecule has 0 aliphatic rings. The van der Waals surface area contributed by atoms with Crippen LogP contribution in [0.5, 0.6) is 5.75 Å². The second-order valence-corrected chi connectivity index (χ2v) is 9.80. The predicted octanol–water partition coefficient (Wildman–Crippen LogP) is 4.51. The molecule has 0 aliphatic carbocycles. The van der Waals surface area contributed by atoms with Gasteiger partial charge in [0, 0.05) is 22.8 Å². The lowest BCUT2D eigenvalue weighted by Crippen LogP contribution is -2.16. The van der Waals surface area contributed by atoms with E-state index in [1.54, 1.807) is 18.2 Å². The SMILES string of the molecule is COc1ccc(Cl)cc1NS(=O)(=O)c1cccc(C(=O)Nc2ccc(CCN(C)C)cc2)c1. The minimum atomic E-state index is -3.98. The van der Waals surface area contributed by atoms with Crippen molar-refractivity contribution in [2.75, 3.05) is 37.8 Å². The molecule has 3 aromatic carbocycles. The second-order valence-electron chi connectivity index (χ2n) is 7.68. The Balaban J connectivity index is 1.74. The van der Waals surface area contributed by atoms with E-state index in [9.17, 15) is 13.2 Å². The molecule has 0 heterocycles. The summed E-state index contributed by atoms with van der Waals surface area (Å²) in [5.41, 5.74) is 2.21. The van der Waals surface area contributed by atoms with E-state index >= 15 is 0 Å². The van der Waals surface area contributed by atoms with Crippen LogP contribution in [0.4, 0.5) is 11.4 Å². The second kappa shape index (κ2) is 10.7. The molecule has 0 saturated heterocycles. The number of sulfonamides is 1. The minimum Gasteiger partial charge on any atom is -0.495 e. The molecule has 3 rings (SSSR count). The van der Waals surface area contributed by atoms with Crippen molar-refractivity contribution in [3.05, 3.63) is 82.9 Å². The van der Waals surface area contributed by atoms with Gasteiger partial charge in [0.1, 0.15) is 5.75 Å². The summed E-state index contributed by atoms with van der Waals surface area (Å²) >= 11 is 5.99. The number of halogens is 1. The largest absolute Gasteiger partial charge is 0.495 e. The Morgan fingerprint density at radius 2 is 1.76 bits per heavy atom. The first kappa shape index (κ1) is 24.6. The average Bonchev–Trinajstić information content (AvgIpc) is 2.78. The van der Waals surface area contributed by atoms with Gasteiger partial charge in [0.25, 0.3) is 15.9 Å². The predicted molar refractivity (Wildman–Crippen MR) is 132 cm³/mol. The Morgan fingerprint density at radius 3 is 2.42 bits per heavy atom. The van der Waals surface area contributed by atoms with E-state index in [-0.39, 0.29) is 16.1 Å². The molecule has 0 unspecified atom stereocenters. The minimum absolute atomic E-state index is 0.0591. The van der Waals surface area contributed by atoms with E-state index in [1.807, 2.05) is 38.4 Å². The molecule has 2 N–H and O–H groups in total. The molecular weight excluding hydrogens is 462 g/mol. The molecule has 0 radical (unpaired) electrons. The van der Waals surface area contributed by atoms with Crippen LogP contribution in [0, 0.1) is 0 Å². The van der Waals surface area contributed by atoms with Gasteiger partial charge < -0.3 is 15.0 Å². The summed E-state index contributed by atoms with van der Waals surface area (Å²) in [6.45, 7) is 0.933. The highest BCUT2D eigenvalue weighted by Crippen LogP contribution is 2.30.